The Morgan fingerprint density at radius 3 is 2.50 bits per heavy atom. The molecule has 1 saturated heterocycles. The maximum Gasteiger partial charge on any atom is 0.407 e. The van der Waals surface area contributed by atoms with Crippen LogP contribution in [0.1, 0.15) is 27.6 Å². The minimum atomic E-state index is -4.23. The number of amides is 3. The van der Waals surface area contributed by atoms with Gasteiger partial charge in [-0.25, -0.2) is 22.6 Å². The zero-order chi connectivity index (χ0) is 32.3. The number of ether oxygens (including phenoxy) is 1. The van der Waals surface area contributed by atoms with E-state index in [0.29, 0.717) is 10.3 Å². The number of hydrogen-bond donors (Lipinski definition) is 2. The van der Waals surface area contributed by atoms with Crippen LogP contribution in [0, 0.1) is 5.82 Å². The highest BCUT2D eigenvalue weighted by Crippen LogP contribution is 2.38. The second-order valence-electron chi connectivity index (χ2n) is 10.1. The Morgan fingerprint density at radius 1 is 1.04 bits per heavy atom. The summed E-state index contributed by atoms with van der Waals surface area (Å²) in [7, 11) is -4.23. The lowest BCUT2D eigenvalue weighted by Gasteiger charge is -2.13. The first-order chi connectivity index (χ1) is 22.2. The zero-order valence-electron chi connectivity index (χ0n) is 23.7. The molecule has 1 fully saturated rings. The number of hydrogen-bond acceptors (Lipinski definition) is 12. The quantitative estimate of drug-likeness (QED) is 0.196. The fourth-order valence-corrected chi connectivity index (χ4v) is 8.43. The average Bonchev–Trinajstić information content (AvgIpc) is 3.75. The summed E-state index contributed by atoms with van der Waals surface area (Å²) in [5.41, 5.74) is 2.08. The predicted octanol–water partition coefficient (Wildman–Crippen LogP) is 4.81. The summed E-state index contributed by atoms with van der Waals surface area (Å²) < 4.78 is 54.3. The maximum atomic E-state index is 15.3. The van der Waals surface area contributed by atoms with Gasteiger partial charge in [-0.3, -0.25) is 14.9 Å². The first kappa shape index (κ1) is 31.3. The lowest BCUT2D eigenvalue weighted by atomic mass is 10.1. The Hall–Kier alpha value is -4.67. The van der Waals surface area contributed by atoms with Crippen LogP contribution in [0.5, 0.6) is 0 Å². The molecule has 0 aliphatic carbocycles. The van der Waals surface area contributed by atoms with Crippen LogP contribution in [0.15, 0.2) is 77.2 Å². The van der Waals surface area contributed by atoms with E-state index in [1.165, 1.54) is 6.07 Å². The largest absolute Gasteiger partial charge is 0.445 e. The molecule has 16 heteroatoms. The van der Waals surface area contributed by atoms with Gasteiger partial charge in [0, 0.05) is 13.0 Å². The summed E-state index contributed by atoms with van der Waals surface area (Å²) in [5.74, 6) is -2.16. The Bertz CT molecular complexity index is 2020. The lowest BCUT2D eigenvalue weighted by molar-refractivity contribution is -0.119. The highest BCUT2D eigenvalue weighted by Gasteiger charge is 2.38. The topological polar surface area (TPSA) is 170 Å². The van der Waals surface area contributed by atoms with E-state index in [0.717, 1.165) is 34.2 Å². The van der Waals surface area contributed by atoms with Gasteiger partial charge < -0.3 is 14.5 Å². The van der Waals surface area contributed by atoms with Crippen molar-refractivity contribution >= 4 is 60.4 Å². The van der Waals surface area contributed by atoms with E-state index in [2.05, 4.69) is 25.8 Å². The number of sulfone groups is 1. The van der Waals surface area contributed by atoms with Gasteiger partial charge in [0.25, 0.3) is 5.24 Å². The molecule has 2 atom stereocenters. The number of carbonyl (C=O) groups excluding carboxylic acids is 3. The van der Waals surface area contributed by atoms with Crippen molar-refractivity contribution < 1.29 is 36.3 Å². The number of imide groups is 1. The number of benzene rings is 3. The molecule has 12 nitrogen and oxygen atoms in total. The van der Waals surface area contributed by atoms with Crippen LogP contribution in [-0.4, -0.2) is 58.4 Å². The van der Waals surface area contributed by atoms with Crippen molar-refractivity contribution in [2.24, 2.45) is 0 Å². The number of thiazole rings is 1. The van der Waals surface area contributed by atoms with Gasteiger partial charge in [-0.15, -0.1) is 21.5 Å². The summed E-state index contributed by atoms with van der Waals surface area (Å²) in [4.78, 5) is 40.2. The van der Waals surface area contributed by atoms with Crippen LogP contribution in [-0.2, 0) is 32.4 Å². The third kappa shape index (κ3) is 7.08. The predicted molar refractivity (Wildman–Crippen MR) is 168 cm³/mol. The van der Waals surface area contributed by atoms with Crippen LogP contribution in [0.3, 0.4) is 0 Å². The number of thioether (sulfide) groups is 1. The van der Waals surface area contributed by atoms with Gasteiger partial charge >= 0.3 is 6.09 Å². The molecule has 0 radical (unpaired) electrons. The molecule has 2 N–H and O–H groups in total. The van der Waals surface area contributed by atoms with Gasteiger partial charge in [-0.05, 0) is 28.8 Å². The Morgan fingerprint density at radius 2 is 1.78 bits per heavy atom. The van der Waals surface area contributed by atoms with Crippen LogP contribution in [0.25, 0.3) is 21.3 Å². The van der Waals surface area contributed by atoms with E-state index in [4.69, 9.17) is 9.15 Å². The zero-order valence-corrected chi connectivity index (χ0v) is 26.2. The van der Waals surface area contributed by atoms with Gasteiger partial charge in [0.1, 0.15) is 22.4 Å². The standard InChI is InChI=1S/C30H24FN5O7S3/c31-20-13-19(18-9-5-2-6-10-18)14-21-24(20)33-28(44-21)25(27-36-35-23(43-27)15-22-26(37)34-30(39)45-22)46(40,41)12-11-32-29(38)42-16-17-7-3-1-4-8-17/h1-10,13-14,22,25H,11-12,15-16H2,(H,32,38)(H,34,37,39). The number of rotatable bonds is 11. The van der Waals surface area contributed by atoms with Crippen molar-refractivity contribution in [2.45, 2.75) is 23.5 Å². The third-order valence-electron chi connectivity index (χ3n) is 6.86. The minimum absolute atomic E-state index is 0.00204. The molecule has 2 aromatic heterocycles. The number of halogens is 1. The van der Waals surface area contributed by atoms with E-state index in [1.54, 1.807) is 30.3 Å². The highest BCUT2D eigenvalue weighted by atomic mass is 32.2. The normalized spacial score (nSPS) is 15.5. The molecule has 6 rings (SSSR count). The number of alkyl carbamates (subject to hydrolysis) is 1. The van der Waals surface area contributed by atoms with Crippen LogP contribution >= 0.6 is 23.1 Å². The van der Waals surface area contributed by atoms with Crippen molar-refractivity contribution in [1.82, 2.24) is 25.8 Å². The van der Waals surface area contributed by atoms with Gasteiger partial charge in [0.2, 0.25) is 17.7 Å². The van der Waals surface area contributed by atoms with E-state index in [9.17, 15) is 22.8 Å². The summed E-state index contributed by atoms with van der Waals surface area (Å²) in [5, 5.41) is 9.48. The van der Waals surface area contributed by atoms with Gasteiger partial charge in [-0.2, -0.15) is 0 Å². The molecule has 236 valence electrons. The molecule has 0 spiro atoms. The van der Waals surface area contributed by atoms with Crippen LogP contribution in [0.2, 0.25) is 0 Å². The maximum absolute atomic E-state index is 15.3. The van der Waals surface area contributed by atoms with Crippen molar-refractivity contribution in [1.29, 1.82) is 0 Å². The van der Waals surface area contributed by atoms with Crippen molar-refractivity contribution in [3.8, 4) is 11.1 Å². The van der Waals surface area contributed by atoms with E-state index >= 15 is 4.39 Å². The molecule has 3 heterocycles. The van der Waals surface area contributed by atoms with Crippen LogP contribution in [0.4, 0.5) is 14.0 Å². The van der Waals surface area contributed by atoms with E-state index in [1.807, 2.05) is 36.4 Å². The smallest absolute Gasteiger partial charge is 0.407 e. The monoisotopic (exact) mass is 681 g/mol. The van der Waals surface area contributed by atoms with Gasteiger partial charge in [-0.1, -0.05) is 72.4 Å². The third-order valence-corrected chi connectivity index (χ3v) is 11.0. The molecule has 2 unspecified atom stereocenters. The summed E-state index contributed by atoms with van der Waals surface area (Å²) in [6, 6.07) is 21.1. The Kier molecular flexibility index (Phi) is 9.10. The second-order valence-corrected chi connectivity index (χ2v) is 14.5. The fourth-order valence-electron chi connectivity index (χ4n) is 4.66. The Balaban J connectivity index is 1.27. The number of carbonyl (C=O) groups is 3. The molecule has 0 bridgehead atoms. The molecule has 3 aromatic carbocycles. The first-order valence-corrected chi connectivity index (χ1v) is 17.2. The highest BCUT2D eigenvalue weighted by molar-refractivity contribution is 8.15. The first-order valence-electron chi connectivity index (χ1n) is 13.8. The van der Waals surface area contributed by atoms with Crippen molar-refractivity contribution in [3.05, 3.63) is 101 Å². The molecule has 1 aliphatic rings. The Labute approximate surface area is 269 Å². The number of nitrogens with zero attached hydrogens (tertiary/aromatic N) is 3. The van der Waals surface area contributed by atoms with Crippen molar-refractivity contribution in [2.75, 3.05) is 12.3 Å². The lowest BCUT2D eigenvalue weighted by Crippen LogP contribution is -2.31. The van der Waals surface area contributed by atoms with Gasteiger partial charge in [0.05, 0.1) is 10.5 Å². The molecular weight excluding hydrogens is 658 g/mol. The molecule has 0 saturated carbocycles. The molecular formula is C30H24FN5O7S3. The van der Waals surface area contributed by atoms with E-state index in [-0.39, 0.29) is 41.9 Å². The SMILES string of the molecule is O=C(NCCS(=O)(=O)C(c1nnc(CC2SC(=O)NC2=O)o1)c1nc2c(F)cc(-c3ccccc3)cc2s1)OCc1ccccc1. The average molecular weight is 682 g/mol. The number of aromatic nitrogens is 3. The number of nitrogens with one attached hydrogen (secondary N) is 2. The van der Waals surface area contributed by atoms with E-state index < -0.39 is 49.1 Å². The molecule has 46 heavy (non-hydrogen) atoms. The second kappa shape index (κ2) is 13.4. The minimum Gasteiger partial charge on any atom is -0.445 e. The fraction of sp³-hybridized carbons (Fsp3) is 0.200. The molecule has 1 aliphatic heterocycles. The summed E-state index contributed by atoms with van der Waals surface area (Å²) in [6.07, 6.45) is -0.931. The summed E-state index contributed by atoms with van der Waals surface area (Å²) in [6.45, 7) is -0.316. The molecule has 5 aromatic rings. The number of fused-ring (bicyclic) bond motifs is 1. The summed E-state index contributed by atoms with van der Waals surface area (Å²) >= 11 is 1.71. The van der Waals surface area contributed by atoms with Gasteiger partial charge in [0.15, 0.2) is 20.9 Å². The van der Waals surface area contributed by atoms with Crippen LogP contribution < -0.4 is 10.6 Å². The van der Waals surface area contributed by atoms with Crippen molar-refractivity contribution in [3.63, 3.8) is 0 Å². The molecule has 3 amide bonds.